The third kappa shape index (κ3) is 2.98. The van der Waals surface area contributed by atoms with Crippen molar-refractivity contribution < 1.29 is 9.53 Å². The number of pyridine rings is 1. The maximum Gasteiger partial charge on any atom is 0.325 e. The Hall–Kier alpha value is -1.78. The van der Waals surface area contributed by atoms with Crippen molar-refractivity contribution in [1.29, 1.82) is 0 Å². The fourth-order valence-electron chi connectivity index (χ4n) is 0.805. The Labute approximate surface area is 75.9 Å². The summed E-state index contributed by atoms with van der Waals surface area (Å²) in [6.07, 6.45) is 1.56. The normalized spacial score (nSPS) is 9.31. The van der Waals surface area contributed by atoms with Crippen LogP contribution in [0.2, 0.25) is 0 Å². The quantitative estimate of drug-likeness (QED) is 0.653. The molecule has 0 atom stereocenters. The Morgan fingerprint density at radius 2 is 2.54 bits per heavy atom. The van der Waals surface area contributed by atoms with Crippen molar-refractivity contribution in [1.82, 2.24) is 4.98 Å². The number of anilines is 2. The van der Waals surface area contributed by atoms with Crippen LogP contribution in [0.1, 0.15) is 0 Å². The third-order valence-electron chi connectivity index (χ3n) is 1.45. The van der Waals surface area contributed by atoms with Crippen molar-refractivity contribution in [2.45, 2.75) is 0 Å². The first-order valence-corrected chi connectivity index (χ1v) is 3.74. The van der Waals surface area contributed by atoms with E-state index in [9.17, 15) is 4.79 Å². The number of nitrogens with two attached hydrogens (primary N) is 1. The van der Waals surface area contributed by atoms with Crippen LogP contribution in [-0.2, 0) is 9.53 Å². The first kappa shape index (κ1) is 9.31. The first-order valence-electron chi connectivity index (χ1n) is 3.74. The summed E-state index contributed by atoms with van der Waals surface area (Å²) >= 11 is 0. The number of nitrogens with one attached hydrogen (secondary N) is 1. The van der Waals surface area contributed by atoms with Gasteiger partial charge < -0.3 is 15.8 Å². The fourth-order valence-corrected chi connectivity index (χ4v) is 0.805. The fraction of sp³-hybridized carbons (Fsp3) is 0.250. The third-order valence-corrected chi connectivity index (χ3v) is 1.45. The number of nitrogen functional groups attached to an aromatic ring is 1. The van der Waals surface area contributed by atoms with E-state index < -0.39 is 0 Å². The number of methoxy groups -OCH3 is 1. The van der Waals surface area contributed by atoms with E-state index in [4.69, 9.17) is 5.73 Å². The molecule has 0 aliphatic heterocycles. The Morgan fingerprint density at radius 1 is 1.77 bits per heavy atom. The Morgan fingerprint density at radius 3 is 3.15 bits per heavy atom. The van der Waals surface area contributed by atoms with Gasteiger partial charge in [0, 0.05) is 18.0 Å². The summed E-state index contributed by atoms with van der Waals surface area (Å²) in [5.74, 6) is 0.0882. The van der Waals surface area contributed by atoms with E-state index >= 15 is 0 Å². The van der Waals surface area contributed by atoms with Gasteiger partial charge >= 0.3 is 5.97 Å². The van der Waals surface area contributed by atoms with E-state index in [1.807, 2.05) is 0 Å². The Balaban J connectivity index is 2.50. The average Bonchev–Trinajstić information content (AvgIpc) is 2.14. The van der Waals surface area contributed by atoms with Crippen LogP contribution >= 0.6 is 0 Å². The molecule has 0 aliphatic rings. The van der Waals surface area contributed by atoms with Gasteiger partial charge in [-0.3, -0.25) is 4.79 Å². The van der Waals surface area contributed by atoms with Crippen molar-refractivity contribution in [2.75, 3.05) is 24.7 Å². The van der Waals surface area contributed by atoms with E-state index in [2.05, 4.69) is 15.0 Å². The average molecular weight is 181 g/mol. The molecular formula is C8H11N3O2. The molecule has 1 heterocycles. The van der Waals surface area contributed by atoms with Crippen LogP contribution in [0.5, 0.6) is 0 Å². The lowest BCUT2D eigenvalue weighted by Gasteiger charge is -2.04. The molecule has 0 fully saturated rings. The molecule has 70 valence electrons. The van der Waals surface area contributed by atoms with Crippen LogP contribution in [0.4, 0.5) is 11.5 Å². The maximum absolute atomic E-state index is 10.7. The number of aromatic nitrogens is 1. The van der Waals surface area contributed by atoms with E-state index in [-0.39, 0.29) is 12.5 Å². The summed E-state index contributed by atoms with van der Waals surface area (Å²) in [7, 11) is 1.34. The molecule has 0 amide bonds. The standard InChI is InChI=1S/C8H11N3O2/c1-13-8(12)5-11-6-2-3-10-7(9)4-6/h2-4H,5H2,1H3,(H3,9,10,11). The van der Waals surface area contributed by atoms with Gasteiger partial charge in [-0.2, -0.15) is 0 Å². The largest absolute Gasteiger partial charge is 0.468 e. The molecule has 5 heteroatoms. The molecule has 1 aromatic rings. The number of rotatable bonds is 3. The Bertz CT molecular complexity index is 301. The van der Waals surface area contributed by atoms with Gasteiger partial charge in [0.05, 0.1) is 7.11 Å². The smallest absolute Gasteiger partial charge is 0.325 e. The Kier molecular flexibility index (Phi) is 3.08. The number of esters is 1. The molecule has 0 bridgehead atoms. The molecule has 0 aliphatic carbocycles. The molecule has 0 radical (unpaired) electrons. The van der Waals surface area contributed by atoms with Crippen LogP contribution in [0, 0.1) is 0 Å². The zero-order valence-corrected chi connectivity index (χ0v) is 7.28. The second kappa shape index (κ2) is 4.30. The SMILES string of the molecule is COC(=O)CNc1ccnc(N)c1. The molecule has 0 aromatic carbocycles. The predicted molar refractivity (Wildman–Crippen MR) is 49.2 cm³/mol. The number of carbonyl (C=O) groups is 1. The lowest BCUT2D eigenvalue weighted by Crippen LogP contribution is -2.15. The van der Waals surface area contributed by atoms with Crippen LogP contribution < -0.4 is 11.1 Å². The molecule has 5 nitrogen and oxygen atoms in total. The number of hydrogen-bond acceptors (Lipinski definition) is 5. The number of nitrogens with zero attached hydrogens (tertiary/aromatic N) is 1. The highest BCUT2D eigenvalue weighted by Crippen LogP contribution is 2.07. The van der Waals surface area contributed by atoms with Crippen LogP contribution in [0.3, 0.4) is 0 Å². The second-order valence-electron chi connectivity index (χ2n) is 2.40. The van der Waals surface area contributed by atoms with Gasteiger partial charge in [-0.25, -0.2) is 4.98 Å². The van der Waals surface area contributed by atoms with Crippen molar-refractivity contribution in [2.24, 2.45) is 0 Å². The highest BCUT2D eigenvalue weighted by Gasteiger charge is 1.99. The maximum atomic E-state index is 10.7. The van der Waals surface area contributed by atoms with Crippen LogP contribution in [-0.4, -0.2) is 24.6 Å². The van der Waals surface area contributed by atoms with E-state index in [1.54, 1.807) is 18.3 Å². The second-order valence-corrected chi connectivity index (χ2v) is 2.40. The summed E-state index contributed by atoms with van der Waals surface area (Å²) in [5.41, 5.74) is 6.18. The van der Waals surface area contributed by atoms with Gasteiger partial charge in [0.25, 0.3) is 0 Å². The van der Waals surface area contributed by atoms with Crippen LogP contribution in [0.25, 0.3) is 0 Å². The molecular weight excluding hydrogens is 170 g/mol. The van der Waals surface area contributed by atoms with Gasteiger partial charge in [-0.05, 0) is 6.07 Å². The first-order chi connectivity index (χ1) is 6.22. The highest BCUT2D eigenvalue weighted by atomic mass is 16.5. The number of carbonyl (C=O) groups excluding carboxylic acids is 1. The molecule has 1 rings (SSSR count). The molecule has 0 saturated carbocycles. The van der Waals surface area contributed by atoms with Gasteiger partial charge in [-0.1, -0.05) is 0 Å². The minimum Gasteiger partial charge on any atom is -0.468 e. The summed E-state index contributed by atoms with van der Waals surface area (Å²) in [4.78, 5) is 14.5. The van der Waals surface area contributed by atoms with Gasteiger partial charge in [-0.15, -0.1) is 0 Å². The van der Waals surface area contributed by atoms with Gasteiger partial charge in [0.1, 0.15) is 12.4 Å². The molecule has 1 aromatic heterocycles. The molecule has 0 unspecified atom stereocenters. The monoisotopic (exact) mass is 181 g/mol. The van der Waals surface area contributed by atoms with Gasteiger partial charge in [0.2, 0.25) is 0 Å². The predicted octanol–water partition coefficient (Wildman–Crippen LogP) is 0.249. The minimum atomic E-state index is -0.324. The van der Waals surface area contributed by atoms with E-state index in [0.29, 0.717) is 5.82 Å². The summed E-state index contributed by atoms with van der Waals surface area (Å²) in [5, 5.41) is 2.84. The lowest BCUT2D eigenvalue weighted by molar-refractivity contribution is -0.138. The summed E-state index contributed by atoms with van der Waals surface area (Å²) < 4.78 is 4.45. The molecule has 13 heavy (non-hydrogen) atoms. The topological polar surface area (TPSA) is 77.2 Å². The van der Waals surface area contributed by atoms with E-state index in [1.165, 1.54) is 7.11 Å². The van der Waals surface area contributed by atoms with Gasteiger partial charge in [0.15, 0.2) is 0 Å². The van der Waals surface area contributed by atoms with Crippen LogP contribution in [0.15, 0.2) is 18.3 Å². The minimum absolute atomic E-state index is 0.125. The van der Waals surface area contributed by atoms with E-state index in [0.717, 1.165) is 5.69 Å². The van der Waals surface area contributed by atoms with Crippen molar-refractivity contribution >= 4 is 17.5 Å². The highest BCUT2D eigenvalue weighted by molar-refractivity contribution is 5.74. The molecule has 0 saturated heterocycles. The van der Waals surface area contributed by atoms with Crippen molar-refractivity contribution in [3.05, 3.63) is 18.3 Å². The zero-order chi connectivity index (χ0) is 9.68. The molecule has 3 N–H and O–H groups in total. The number of hydrogen-bond donors (Lipinski definition) is 2. The van der Waals surface area contributed by atoms with Crippen molar-refractivity contribution in [3.63, 3.8) is 0 Å². The van der Waals surface area contributed by atoms with Crippen molar-refractivity contribution in [3.8, 4) is 0 Å². The summed E-state index contributed by atoms with van der Waals surface area (Å²) in [6.45, 7) is 0.125. The summed E-state index contributed by atoms with van der Waals surface area (Å²) in [6, 6.07) is 3.36. The molecule has 0 spiro atoms. The zero-order valence-electron chi connectivity index (χ0n) is 7.28. The number of ether oxygens (including phenoxy) is 1. The lowest BCUT2D eigenvalue weighted by atomic mass is 10.4.